The van der Waals surface area contributed by atoms with Crippen LogP contribution in [0.4, 0.5) is 0 Å². The first-order chi connectivity index (χ1) is 13.9. The van der Waals surface area contributed by atoms with E-state index in [0.717, 1.165) is 29.4 Å². The van der Waals surface area contributed by atoms with Gasteiger partial charge in [0.1, 0.15) is 0 Å². The number of hydrogen-bond donors (Lipinski definition) is 1. The van der Waals surface area contributed by atoms with Crippen molar-refractivity contribution in [3.63, 3.8) is 0 Å². The third-order valence-corrected chi connectivity index (χ3v) is 5.88. The van der Waals surface area contributed by atoms with Crippen LogP contribution in [0.15, 0.2) is 30.3 Å². The van der Waals surface area contributed by atoms with Gasteiger partial charge in [-0.2, -0.15) is 0 Å². The molecule has 0 radical (unpaired) electrons. The number of hydrogen-bond acceptors (Lipinski definition) is 4. The van der Waals surface area contributed by atoms with Gasteiger partial charge in [-0.05, 0) is 37.8 Å². The zero-order chi connectivity index (χ0) is 20.5. The second kappa shape index (κ2) is 7.81. The van der Waals surface area contributed by atoms with Crippen LogP contribution >= 0.6 is 0 Å². The molecule has 2 aromatic rings. The maximum Gasteiger partial charge on any atom is 0.306 e. The van der Waals surface area contributed by atoms with E-state index in [1.54, 1.807) is 11.9 Å². The molecule has 1 aromatic carbocycles. The number of amides is 2. The van der Waals surface area contributed by atoms with Crippen molar-refractivity contribution in [3.8, 4) is 0 Å². The summed E-state index contributed by atoms with van der Waals surface area (Å²) >= 11 is 0. The number of carbonyl (C=O) groups is 3. The maximum atomic E-state index is 13.2. The van der Waals surface area contributed by atoms with Gasteiger partial charge in [0.15, 0.2) is 0 Å². The number of carboxylic acid groups (broad SMARTS) is 1. The number of carbonyl (C=O) groups excluding carboxylic acids is 2. The highest BCUT2D eigenvalue weighted by Gasteiger charge is 2.30. The van der Waals surface area contributed by atoms with Crippen LogP contribution in [0.3, 0.4) is 0 Å². The SMILES string of the molecule is CN(CC(=O)N1CCC(C(=O)O)CC1)C(=O)c1cc(C2CC2)nc2ccccc12. The topological polar surface area (TPSA) is 90.8 Å². The number of para-hydroxylation sites is 1. The van der Waals surface area contributed by atoms with Crippen molar-refractivity contribution >= 4 is 28.7 Å². The zero-order valence-corrected chi connectivity index (χ0v) is 16.5. The van der Waals surface area contributed by atoms with E-state index in [2.05, 4.69) is 0 Å². The molecule has 29 heavy (non-hydrogen) atoms. The summed E-state index contributed by atoms with van der Waals surface area (Å²) in [6.07, 6.45) is 3.11. The number of aromatic nitrogens is 1. The molecule has 7 nitrogen and oxygen atoms in total. The minimum absolute atomic E-state index is 0.0218. The molecule has 1 N–H and O–H groups in total. The van der Waals surface area contributed by atoms with Gasteiger partial charge in [-0.25, -0.2) is 0 Å². The van der Waals surface area contributed by atoms with Crippen LogP contribution in [-0.2, 0) is 9.59 Å². The molecule has 152 valence electrons. The third kappa shape index (κ3) is 4.09. The normalized spacial score (nSPS) is 17.3. The number of likely N-dealkylation sites (tertiary alicyclic amines) is 1. The molecule has 1 aromatic heterocycles. The molecular weight excluding hydrogens is 370 g/mol. The Kier molecular flexibility index (Phi) is 5.22. The molecule has 7 heteroatoms. The quantitative estimate of drug-likeness (QED) is 0.840. The monoisotopic (exact) mass is 395 g/mol. The van der Waals surface area contributed by atoms with Gasteiger partial charge in [-0.3, -0.25) is 19.4 Å². The van der Waals surface area contributed by atoms with Crippen LogP contribution in [0.1, 0.15) is 47.7 Å². The summed E-state index contributed by atoms with van der Waals surface area (Å²) in [6.45, 7) is 0.815. The van der Waals surface area contributed by atoms with Crippen LogP contribution < -0.4 is 0 Å². The number of likely N-dealkylation sites (N-methyl/N-ethyl adjacent to an activating group) is 1. The van der Waals surface area contributed by atoms with E-state index in [9.17, 15) is 14.4 Å². The van der Waals surface area contributed by atoms with E-state index in [1.807, 2.05) is 30.3 Å². The Morgan fingerprint density at radius 2 is 1.83 bits per heavy atom. The molecule has 1 saturated heterocycles. The van der Waals surface area contributed by atoms with Crippen molar-refractivity contribution in [1.29, 1.82) is 0 Å². The van der Waals surface area contributed by atoms with Crippen molar-refractivity contribution in [2.75, 3.05) is 26.7 Å². The standard InChI is InChI=1S/C22H25N3O4/c1-24(13-20(26)25-10-8-15(9-11-25)22(28)29)21(27)17-12-19(14-6-7-14)23-18-5-3-2-4-16(17)18/h2-5,12,14-15H,6-11,13H2,1H3,(H,28,29). The summed E-state index contributed by atoms with van der Waals surface area (Å²) in [5.74, 6) is -1.11. The molecule has 2 fully saturated rings. The number of rotatable bonds is 5. The van der Waals surface area contributed by atoms with E-state index < -0.39 is 5.97 Å². The van der Waals surface area contributed by atoms with Crippen molar-refractivity contribution in [3.05, 3.63) is 41.6 Å². The van der Waals surface area contributed by atoms with Crippen LogP contribution in [-0.4, -0.2) is 64.4 Å². The van der Waals surface area contributed by atoms with Crippen LogP contribution in [0.25, 0.3) is 10.9 Å². The van der Waals surface area contributed by atoms with Gasteiger partial charge in [0.2, 0.25) is 5.91 Å². The summed E-state index contributed by atoms with van der Waals surface area (Å²) in [5, 5.41) is 9.89. The smallest absolute Gasteiger partial charge is 0.306 e. The van der Waals surface area contributed by atoms with Crippen molar-refractivity contribution in [2.45, 2.75) is 31.6 Å². The van der Waals surface area contributed by atoms with Gasteiger partial charge >= 0.3 is 5.97 Å². The number of aliphatic carboxylic acids is 1. The first-order valence-corrected chi connectivity index (χ1v) is 10.1. The predicted octanol–water partition coefficient (Wildman–Crippen LogP) is 2.51. The first kappa shape index (κ1) is 19.4. The fraction of sp³-hybridized carbons (Fsp3) is 0.455. The maximum absolute atomic E-state index is 13.2. The van der Waals surface area contributed by atoms with Crippen LogP contribution in [0.2, 0.25) is 0 Å². The fourth-order valence-corrected chi connectivity index (χ4v) is 3.92. The number of piperidine rings is 1. The van der Waals surface area contributed by atoms with Crippen molar-refractivity contribution < 1.29 is 19.5 Å². The largest absolute Gasteiger partial charge is 0.481 e. The lowest BCUT2D eigenvalue weighted by Gasteiger charge is -2.31. The Bertz CT molecular complexity index is 962. The first-order valence-electron chi connectivity index (χ1n) is 10.1. The summed E-state index contributed by atoms with van der Waals surface area (Å²) in [5.41, 5.74) is 2.33. The molecule has 0 bridgehead atoms. The van der Waals surface area contributed by atoms with Gasteiger partial charge in [0, 0.05) is 37.1 Å². The molecule has 4 rings (SSSR count). The van der Waals surface area contributed by atoms with Gasteiger partial charge in [0.05, 0.1) is 23.5 Å². The number of fused-ring (bicyclic) bond motifs is 1. The Balaban J connectivity index is 1.48. The second-order valence-corrected chi connectivity index (χ2v) is 8.04. The van der Waals surface area contributed by atoms with E-state index in [0.29, 0.717) is 37.4 Å². The van der Waals surface area contributed by atoms with Gasteiger partial charge in [-0.1, -0.05) is 18.2 Å². The third-order valence-electron chi connectivity index (χ3n) is 5.88. The highest BCUT2D eigenvalue weighted by Crippen LogP contribution is 2.40. The van der Waals surface area contributed by atoms with Gasteiger partial charge in [-0.15, -0.1) is 0 Å². The molecule has 0 unspecified atom stereocenters. The Morgan fingerprint density at radius 3 is 2.48 bits per heavy atom. The lowest BCUT2D eigenvalue weighted by molar-refractivity contribution is -0.145. The molecule has 2 amide bonds. The number of nitrogens with zero attached hydrogens (tertiary/aromatic N) is 3. The highest BCUT2D eigenvalue weighted by atomic mass is 16.4. The molecule has 1 saturated carbocycles. The lowest BCUT2D eigenvalue weighted by atomic mass is 9.97. The minimum Gasteiger partial charge on any atom is -0.481 e. The zero-order valence-electron chi connectivity index (χ0n) is 16.5. The molecular formula is C22H25N3O4. The molecule has 1 aliphatic carbocycles. The van der Waals surface area contributed by atoms with Crippen LogP contribution in [0, 0.1) is 5.92 Å². The van der Waals surface area contributed by atoms with E-state index in [4.69, 9.17) is 10.1 Å². The number of pyridine rings is 1. The van der Waals surface area contributed by atoms with E-state index >= 15 is 0 Å². The second-order valence-electron chi connectivity index (χ2n) is 8.04. The van der Waals surface area contributed by atoms with Crippen molar-refractivity contribution in [2.24, 2.45) is 5.92 Å². The molecule has 2 heterocycles. The minimum atomic E-state index is -0.805. The van der Waals surface area contributed by atoms with Crippen molar-refractivity contribution in [1.82, 2.24) is 14.8 Å². The molecule has 1 aliphatic heterocycles. The number of benzene rings is 1. The summed E-state index contributed by atoms with van der Waals surface area (Å²) in [6, 6.07) is 9.47. The fourth-order valence-electron chi connectivity index (χ4n) is 3.92. The summed E-state index contributed by atoms with van der Waals surface area (Å²) < 4.78 is 0. The summed E-state index contributed by atoms with van der Waals surface area (Å²) in [7, 11) is 1.64. The Labute approximate surface area is 169 Å². The van der Waals surface area contributed by atoms with Gasteiger partial charge < -0.3 is 14.9 Å². The number of carboxylic acids is 1. The van der Waals surface area contributed by atoms with E-state index in [1.165, 1.54) is 4.90 Å². The summed E-state index contributed by atoms with van der Waals surface area (Å²) in [4.78, 5) is 44.7. The lowest BCUT2D eigenvalue weighted by Crippen LogP contribution is -2.45. The molecule has 0 atom stereocenters. The average molecular weight is 395 g/mol. The van der Waals surface area contributed by atoms with E-state index in [-0.39, 0.29) is 24.3 Å². The molecule has 2 aliphatic rings. The predicted molar refractivity (Wildman–Crippen MR) is 108 cm³/mol. The van der Waals surface area contributed by atoms with Gasteiger partial charge in [0.25, 0.3) is 5.91 Å². The molecule has 0 spiro atoms. The highest BCUT2D eigenvalue weighted by molar-refractivity contribution is 6.07. The Morgan fingerprint density at radius 1 is 1.14 bits per heavy atom. The Hall–Kier alpha value is -2.96. The average Bonchev–Trinajstić information content (AvgIpc) is 3.57. The van der Waals surface area contributed by atoms with Crippen LogP contribution in [0.5, 0.6) is 0 Å².